The molecule has 0 amide bonds. The smallest absolute Gasteiger partial charge is 0.134 e. The molecule has 1 fully saturated rings. The van der Waals surface area contributed by atoms with E-state index >= 15 is 0 Å². The van der Waals surface area contributed by atoms with Crippen molar-refractivity contribution in [2.75, 3.05) is 5.73 Å². The Balaban J connectivity index is 1.95. The fourth-order valence-corrected chi connectivity index (χ4v) is 2.16. The van der Waals surface area contributed by atoms with E-state index < -0.39 is 0 Å². The number of hydrogen-bond donors (Lipinski definition) is 1. The van der Waals surface area contributed by atoms with Crippen LogP contribution in [0.1, 0.15) is 24.3 Å². The number of hydrogen-bond acceptors (Lipinski definition) is 3. The third kappa shape index (κ3) is 1.53. The molecule has 60 valence electrons. The van der Waals surface area contributed by atoms with Crippen molar-refractivity contribution >= 4 is 17.2 Å². The van der Waals surface area contributed by atoms with Crippen LogP contribution >= 0.6 is 11.3 Å². The van der Waals surface area contributed by atoms with Gasteiger partial charge in [-0.2, -0.15) is 0 Å². The fraction of sp³-hybridized carbons (Fsp3) is 0.625. The van der Waals surface area contributed by atoms with Crippen LogP contribution in [0.2, 0.25) is 0 Å². The molecule has 0 atom stereocenters. The molecule has 0 spiro atoms. The molecule has 11 heavy (non-hydrogen) atoms. The molecule has 1 heterocycles. The van der Waals surface area contributed by atoms with Gasteiger partial charge in [-0.3, -0.25) is 0 Å². The number of nitrogens with two attached hydrogens (primary N) is 1. The summed E-state index contributed by atoms with van der Waals surface area (Å²) in [5.74, 6) is 1.59. The molecule has 0 radical (unpaired) electrons. The third-order valence-corrected chi connectivity index (χ3v) is 3.15. The molecule has 1 aromatic heterocycles. The van der Waals surface area contributed by atoms with E-state index in [1.807, 2.05) is 5.38 Å². The molecule has 0 unspecified atom stereocenters. The highest BCUT2D eigenvalue weighted by atomic mass is 32.1. The Morgan fingerprint density at radius 3 is 2.91 bits per heavy atom. The molecule has 2 rings (SSSR count). The van der Waals surface area contributed by atoms with E-state index in [0.717, 1.165) is 12.3 Å². The predicted molar refractivity (Wildman–Crippen MR) is 47.6 cm³/mol. The summed E-state index contributed by atoms with van der Waals surface area (Å²) in [5.41, 5.74) is 5.51. The van der Waals surface area contributed by atoms with E-state index in [-0.39, 0.29) is 0 Å². The monoisotopic (exact) mass is 168 g/mol. The quantitative estimate of drug-likeness (QED) is 0.734. The second-order valence-electron chi connectivity index (χ2n) is 3.17. The van der Waals surface area contributed by atoms with Crippen LogP contribution in [0.3, 0.4) is 0 Å². The summed E-state index contributed by atoms with van der Waals surface area (Å²) in [7, 11) is 0. The summed E-state index contributed by atoms with van der Waals surface area (Å²) in [4.78, 5) is 4.23. The number of anilines is 1. The third-order valence-electron chi connectivity index (χ3n) is 2.26. The zero-order valence-corrected chi connectivity index (χ0v) is 7.23. The largest absolute Gasteiger partial charge is 0.383 e. The molecule has 2 nitrogen and oxygen atoms in total. The summed E-state index contributed by atoms with van der Waals surface area (Å²) >= 11 is 1.69. The van der Waals surface area contributed by atoms with Gasteiger partial charge in [0.1, 0.15) is 5.82 Å². The Morgan fingerprint density at radius 2 is 2.45 bits per heavy atom. The Bertz CT molecular complexity index is 240. The lowest BCUT2D eigenvalue weighted by atomic mass is 9.83. The number of nitrogens with zero attached hydrogens (tertiary/aromatic N) is 1. The molecule has 3 heteroatoms. The van der Waals surface area contributed by atoms with Crippen LogP contribution < -0.4 is 5.73 Å². The first-order valence-corrected chi connectivity index (χ1v) is 4.92. The maximum atomic E-state index is 5.51. The average molecular weight is 168 g/mol. The van der Waals surface area contributed by atoms with Crippen molar-refractivity contribution in [1.82, 2.24) is 4.98 Å². The number of nitrogen functional groups attached to an aromatic ring is 1. The van der Waals surface area contributed by atoms with E-state index in [9.17, 15) is 0 Å². The normalized spacial score (nSPS) is 18.2. The number of rotatable bonds is 2. The Kier molecular flexibility index (Phi) is 1.82. The molecule has 2 N–H and O–H groups in total. The van der Waals surface area contributed by atoms with Crippen molar-refractivity contribution < 1.29 is 0 Å². The van der Waals surface area contributed by atoms with Gasteiger partial charge in [0, 0.05) is 11.8 Å². The van der Waals surface area contributed by atoms with Gasteiger partial charge in [0.2, 0.25) is 0 Å². The lowest BCUT2D eigenvalue weighted by Crippen LogP contribution is -2.13. The van der Waals surface area contributed by atoms with Gasteiger partial charge >= 0.3 is 0 Å². The van der Waals surface area contributed by atoms with Crippen molar-refractivity contribution in [1.29, 1.82) is 0 Å². The van der Waals surface area contributed by atoms with Crippen molar-refractivity contribution in [2.45, 2.75) is 25.7 Å². The first kappa shape index (κ1) is 7.10. The zero-order chi connectivity index (χ0) is 7.68. The van der Waals surface area contributed by atoms with Crippen LogP contribution in [0.4, 0.5) is 5.82 Å². The fourth-order valence-electron chi connectivity index (χ4n) is 1.36. The zero-order valence-electron chi connectivity index (χ0n) is 6.42. The first-order valence-electron chi connectivity index (χ1n) is 4.04. The van der Waals surface area contributed by atoms with Gasteiger partial charge in [0.15, 0.2) is 0 Å². The van der Waals surface area contributed by atoms with Crippen molar-refractivity contribution in [2.24, 2.45) is 5.92 Å². The van der Waals surface area contributed by atoms with Gasteiger partial charge in [0.05, 0.1) is 5.01 Å². The minimum Gasteiger partial charge on any atom is -0.383 e. The van der Waals surface area contributed by atoms with Crippen LogP contribution in [0.25, 0.3) is 0 Å². The van der Waals surface area contributed by atoms with Crippen molar-refractivity contribution in [3.05, 3.63) is 10.4 Å². The summed E-state index contributed by atoms with van der Waals surface area (Å²) < 4.78 is 0. The molecule has 0 saturated heterocycles. The molecule has 1 aromatic rings. The second kappa shape index (κ2) is 2.81. The molecule has 0 bridgehead atoms. The maximum absolute atomic E-state index is 5.51. The lowest BCUT2D eigenvalue weighted by molar-refractivity contribution is 0.314. The van der Waals surface area contributed by atoms with Gasteiger partial charge in [-0.05, 0) is 5.92 Å². The van der Waals surface area contributed by atoms with Crippen LogP contribution in [0.5, 0.6) is 0 Å². The van der Waals surface area contributed by atoms with Gasteiger partial charge in [-0.1, -0.05) is 19.3 Å². The van der Waals surface area contributed by atoms with Crippen molar-refractivity contribution in [3.63, 3.8) is 0 Å². The van der Waals surface area contributed by atoms with E-state index in [2.05, 4.69) is 4.98 Å². The molecule has 1 aliphatic rings. The molecule has 1 saturated carbocycles. The number of thiazole rings is 1. The average Bonchev–Trinajstić information content (AvgIpc) is 2.27. The maximum Gasteiger partial charge on any atom is 0.134 e. The van der Waals surface area contributed by atoms with Crippen LogP contribution in [0, 0.1) is 5.92 Å². The van der Waals surface area contributed by atoms with E-state index in [0.29, 0.717) is 5.82 Å². The highest BCUT2D eigenvalue weighted by molar-refractivity contribution is 7.10. The van der Waals surface area contributed by atoms with Gasteiger partial charge < -0.3 is 5.73 Å². The van der Waals surface area contributed by atoms with E-state index in [1.54, 1.807) is 11.3 Å². The van der Waals surface area contributed by atoms with Crippen molar-refractivity contribution in [3.8, 4) is 0 Å². The highest BCUT2D eigenvalue weighted by Gasteiger charge is 2.18. The minimum atomic E-state index is 0.685. The summed E-state index contributed by atoms with van der Waals surface area (Å²) in [6.45, 7) is 0. The predicted octanol–water partition coefficient (Wildman–Crippen LogP) is 2.07. The molecular formula is C8H12N2S. The Labute approximate surface area is 70.5 Å². The van der Waals surface area contributed by atoms with Crippen LogP contribution in [-0.4, -0.2) is 4.98 Å². The Morgan fingerprint density at radius 1 is 1.64 bits per heavy atom. The van der Waals surface area contributed by atoms with Gasteiger partial charge in [-0.25, -0.2) is 4.98 Å². The standard InChI is InChI=1S/C8H12N2S/c9-7-5-11-8(10-7)4-6-2-1-3-6/h5-6H,1-4,9H2. The topological polar surface area (TPSA) is 38.9 Å². The summed E-state index contributed by atoms with van der Waals surface area (Å²) in [6, 6.07) is 0. The Hall–Kier alpha value is -0.570. The van der Waals surface area contributed by atoms with E-state index in [1.165, 1.54) is 24.3 Å². The van der Waals surface area contributed by atoms with Crippen LogP contribution in [0.15, 0.2) is 5.38 Å². The summed E-state index contributed by atoms with van der Waals surface area (Å²) in [5, 5.41) is 3.14. The molecule has 0 aliphatic heterocycles. The number of aromatic nitrogens is 1. The summed E-state index contributed by atoms with van der Waals surface area (Å²) in [6.07, 6.45) is 5.34. The highest BCUT2D eigenvalue weighted by Crippen LogP contribution is 2.30. The van der Waals surface area contributed by atoms with Gasteiger partial charge in [-0.15, -0.1) is 11.3 Å². The first-order chi connectivity index (χ1) is 5.34. The second-order valence-corrected chi connectivity index (χ2v) is 4.11. The van der Waals surface area contributed by atoms with Crippen LogP contribution in [-0.2, 0) is 6.42 Å². The minimum absolute atomic E-state index is 0.685. The lowest BCUT2D eigenvalue weighted by Gasteiger charge is -2.23. The molecule has 0 aromatic carbocycles. The SMILES string of the molecule is Nc1csc(CC2CCC2)n1. The van der Waals surface area contributed by atoms with Gasteiger partial charge in [0.25, 0.3) is 0 Å². The molecular weight excluding hydrogens is 156 g/mol. The van der Waals surface area contributed by atoms with E-state index in [4.69, 9.17) is 5.73 Å². The molecule has 1 aliphatic carbocycles.